The highest BCUT2D eigenvalue weighted by Gasteiger charge is 2.15. The van der Waals surface area contributed by atoms with E-state index in [1.807, 2.05) is 51.1 Å². The van der Waals surface area contributed by atoms with E-state index in [4.69, 9.17) is 16.6 Å². The van der Waals surface area contributed by atoms with Gasteiger partial charge in [-0.1, -0.05) is 91.7 Å². The third kappa shape index (κ3) is 5.15. The largest absolute Gasteiger partial charge is 0.338 e. The standard InChI is InChI=1S/C26H23ClN2.C2H6/c1-17(2)15-22(18(3)27)23-16-20(19-9-5-4-6-10-19)13-14-21(23)26-28-24-11-7-8-12-25(24)29-26;1-2/h4-16H,1-3H3,(H,28,29);1-2H3/b22-18-;. The number of fused-ring (bicyclic) bond motifs is 1. The molecule has 0 saturated carbocycles. The molecule has 1 heterocycles. The van der Waals surface area contributed by atoms with Crippen molar-refractivity contribution in [1.29, 1.82) is 0 Å². The van der Waals surface area contributed by atoms with Crippen LogP contribution in [0.5, 0.6) is 0 Å². The fraction of sp³-hybridized carbons (Fsp3) is 0.179. The molecule has 4 aromatic rings. The summed E-state index contributed by atoms with van der Waals surface area (Å²) in [5, 5.41) is 0.758. The van der Waals surface area contributed by atoms with E-state index in [0.29, 0.717) is 0 Å². The summed E-state index contributed by atoms with van der Waals surface area (Å²) < 4.78 is 0. The second-order valence-corrected chi connectivity index (χ2v) is 7.96. The number of imidazole rings is 1. The zero-order valence-corrected chi connectivity index (χ0v) is 19.6. The Kier molecular flexibility index (Phi) is 7.49. The summed E-state index contributed by atoms with van der Waals surface area (Å²) in [6, 6.07) is 25.0. The minimum Gasteiger partial charge on any atom is -0.338 e. The average molecular weight is 429 g/mol. The van der Waals surface area contributed by atoms with Gasteiger partial charge in [0.05, 0.1) is 11.0 Å². The number of H-pyrrole nitrogens is 1. The molecule has 0 aliphatic rings. The Bertz CT molecular complexity index is 1190. The number of para-hydroxylation sites is 2. The smallest absolute Gasteiger partial charge is 0.139 e. The molecule has 0 saturated heterocycles. The van der Waals surface area contributed by atoms with E-state index in [-0.39, 0.29) is 0 Å². The van der Waals surface area contributed by atoms with Gasteiger partial charge in [0.15, 0.2) is 0 Å². The van der Waals surface area contributed by atoms with Crippen molar-refractivity contribution in [3.8, 4) is 22.5 Å². The quantitative estimate of drug-likeness (QED) is 0.323. The lowest BCUT2D eigenvalue weighted by Crippen LogP contribution is -1.93. The first-order chi connectivity index (χ1) is 15.0. The van der Waals surface area contributed by atoms with Crippen molar-refractivity contribution < 1.29 is 0 Å². The van der Waals surface area contributed by atoms with Crippen LogP contribution >= 0.6 is 11.6 Å². The molecule has 0 amide bonds. The molecule has 4 rings (SSSR count). The Morgan fingerprint density at radius 2 is 1.52 bits per heavy atom. The van der Waals surface area contributed by atoms with E-state index < -0.39 is 0 Å². The third-order valence-corrected chi connectivity index (χ3v) is 5.07. The van der Waals surface area contributed by atoms with Crippen molar-refractivity contribution >= 4 is 28.2 Å². The highest BCUT2D eigenvalue weighted by Crippen LogP contribution is 2.36. The Balaban J connectivity index is 0.00000132. The van der Waals surface area contributed by atoms with Crippen molar-refractivity contribution in [2.24, 2.45) is 0 Å². The van der Waals surface area contributed by atoms with Gasteiger partial charge in [-0.15, -0.1) is 0 Å². The molecule has 2 nitrogen and oxygen atoms in total. The molecule has 3 heteroatoms. The molecule has 1 aromatic heterocycles. The summed E-state index contributed by atoms with van der Waals surface area (Å²) in [6.07, 6.45) is 2.14. The highest BCUT2D eigenvalue weighted by molar-refractivity contribution is 6.33. The lowest BCUT2D eigenvalue weighted by molar-refractivity contribution is 1.32. The zero-order valence-electron chi connectivity index (χ0n) is 18.8. The van der Waals surface area contributed by atoms with Crippen LogP contribution in [0.15, 0.2) is 89.5 Å². The lowest BCUT2D eigenvalue weighted by Gasteiger charge is -2.14. The van der Waals surface area contributed by atoms with Gasteiger partial charge in [-0.3, -0.25) is 0 Å². The van der Waals surface area contributed by atoms with Gasteiger partial charge in [-0.25, -0.2) is 4.98 Å². The molecule has 1 N–H and O–H groups in total. The van der Waals surface area contributed by atoms with Crippen molar-refractivity contribution in [2.45, 2.75) is 34.6 Å². The van der Waals surface area contributed by atoms with Crippen molar-refractivity contribution in [2.75, 3.05) is 0 Å². The maximum absolute atomic E-state index is 6.56. The summed E-state index contributed by atoms with van der Waals surface area (Å²) in [6.45, 7) is 10.1. The Labute approximate surface area is 190 Å². The molecule has 31 heavy (non-hydrogen) atoms. The van der Waals surface area contributed by atoms with Gasteiger partial charge in [0.25, 0.3) is 0 Å². The number of hydrogen-bond donors (Lipinski definition) is 1. The third-order valence-electron chi connectivity index (χ3n) is 4.87. The van der Waals surface area contributed by atoms with E-state index in [9.17, 15) is 0 Å². The highest BCUT2D eigenvalue weighted by atomic mass is 35.5. The predicted molar refractivity (Wildman–Crippen MR) is 136 cm³/mol. The second-order valence-electron chi connectivity index (χ2n) is 7.40. The van der Waals surface area contributed by atoms with Crippen LogP contribution in [0.2, 0.25) is 0 Å². The number of benzene rings is 3. The second kappa shape index (κ2) is 10.3. The summed E-state index contributed by atoms with van der Waals surface area (Å²) in [5.41, 5.74) is 8.62. The number of nitrogens with one attached hydrogen (secondary N) is 1. The number of nitrogens with zero attached hydrogens (tertiary/aromatic N) is 1. The maximum Gasteiger partial charge on any atom is 0.139 e. The van der Waals surface area contributed by atoms with Gasteiger partial charge in [0, 0.05) is 10.6 Å². The van der Waals surface area contributed by atoms with E-state index >= 15 is 0 Å². The van der Waals surface area contributed by atoms with Crippen LogP contribution in [-0.4, -0.2) is 9.97 Å². The van der Waals surface area contributed by atoms with E-state index in [2.05, 4.69) is 67.4 Å². The first kappa shape index (κ1) is 22.6. The zero-order chi connectivity index (χ0) is 22.4. The van der Waals surface area contributed by atoms with Gasteiger partial charge >= 0.3 is 0 Å². The molecule has 0 aliphatic carbocycles. The molecule has 0 unspecified atom stereocenters. The Hall–Kier alpha value is -3.10. The molecule has 0 bridgehead atoms. The molecule has 0 atom stereocenters. The van der Waals surface area contributed by atoms with Crippen LogP contribution in [-0.2, 0) is 0 Å². The van der Waals surface area contributed by atoms with Crippen molar-refractivity contribution in [1.82, 2.24) is 9.97 Å². The molecule has 0 fully saturated rings. The minimum atomic E-state index is 0.758. The summed E-state index contributed by atoms with van der Waals surface area (Å²) in [5.74, 6) is 0.846. The van der Waals surface area contributed by atoms with E-state index in [0.717, 1.165) is 44.2 Å². The summed E-state index contributed by atoms with van der Waals surface area (Å²) >= 11 is 6.56. The molecule has 0 spiro atoms. The van der Waals surface area contributed by atoms with Gasteiger partial charge < -0.3 is 4.98 Å². The monoisotopic (exact) mass is 428 g/mol. The SMILES string of the molecule is CC.CC(C)=C/C(=C(\C)Cl)c1cc(-c2ccccc2)ccc1-c1nc2ccccc2[nH]1. The van der Waals surface area contributed by atoms with Gasteiger partial charge in [0.1, 0.15) is 5.82 Å². The molecule has 158 valence electrons. The molecule has 3 aromatic carbocycles. The first-order valence-electron chi connectivity index (χ1n) is 10.7. The Morgan fingerprint density at radius 1 is 0.839 bits per heavy atom. The van der Waals surface area contributed by atoms with E-state index in [1.54, 1.807) is 0 Å². The fourth-order valence-corrected chi connectivity index (χ4v) is 3.67. The molecule has 0 aliphatic heterocycles. The number of allylic oxidation sites excluding steroid dienone is 4. The van der Waals surface area contributed by atoms with Crippen LogP contribution in [0.25, 0.3) is 39.1 Å². The van der Waals surface area contributed by atoms with Crippen LogP contribution in [0.1, 0.15) is 40.2 Å². The lowest BCUT2D eigenvalue weighted by atomic mass is 9.93. The molecular weight excluding hydrogens is 400 g/mol. The normalized spacial score (nSPS) is 11.4. The number of aromatic nitrogens is 2. The first-order valence-corrected chi connectivity index (χ1v) is 11.1. The van der Waals surface area contributed by atoms with Crippen LogP contribution in [0, 0.1) is 0 Å². The number of rotatable bonds is 4. The Morgan fingerprint density at radius 3 is 2.16 bits per heavy atom. The van der Waals surface area contributed by atoms with Crippen LogP contribution < -0.4 is 0 Å². The number of halogens is 1. The minimum absolute atomic E-state index is 0.758. The predicted octanol–water partition coefficient (Wildman–Crippen LogP) is 8.86. The van der Waals surface area contributed by atoms with Crippen molar-refractivity contribution in [3.63, 3.8) is 0 Å². The van der Waals surface area contributed by atoms with Crippen LogP contribution in [0.3, 0.4) is 0 Å². The van der Waals surface area contributed by atoms with Crippen LogP contribution in [0.4, 0.5) is 0 Å². The van der Waals surface area contributed by atoms with E-state index in [1.165, 1.54) is 11.1 Å². The average Bonchev–Trinajstić information content (AvgIpc) is 3.23. The molecular formula is C28H29ClN2. The molecule has 0 radical (unpaired) electrons. The number of aromatic amines is 1. The summed E-state index contributed by atoms with van der Waals surface area (Å²) in [4.78, 5) is 8.29. The van der Waals surface area contributed by atoms with Gasteiger partial charge in [-0.05, 0) is 61.2 Å². The fourth-order valence-electron chi connectivity index (χ4n) is 3.52. The van der Waals surface area contributed by atoms with Gasteiger partial charge in [-0.2, -0.15) is 0 Å². The topological polar surface area (TPSA) is 28.7 Å². The maximum atomic E-state index is 6.56. The summed E-state index contributed by atoms with van der Waals surface area (Å²) in [7, 11) is 0. The van der Waals surface area contributed by atoms with Crippen molar-refractivity contribution in [3.05, 3.63) is 95.0 Å². The number of hydrogen-bond acceptors (Lipinski definition) is 1. The van der Waals surface area contributed by atoms with Gasteiger partial charge in [0.2, 0.25) is 0 Å².